The molecule has 1 amide bonds. The smallest absolute Gasteiger partial charge is 0.335 e. The molecule has 1 aromatic rings. The Morgan fingerprint density at radius 1 is 1.19 bits per heavy atom. The lowest BCUT2D eigenvalue weighted by Gasteiger charge is -2.29. The Bertz CT molecular complexity index is 495. The maximum absolute atomic E-state index is 12.0. The van der Waals surface area contributed by atoms with Crippen molar-refractivity contribution in [3.8, 4) is 0 Å². The Morgan fingerprint density at radius 2 is 1.86 bits per heavy atom. The minimum absolute atomic E-state index is 0.0936. The van der Waals surface area contributed by atoms with Crippen LogP contribution in [0.3, 0.4) is 0 Å². The van der Waals surface area contributed by atoms with Crippen molar-refractivity contribution in [2.75, 3.05) is 0 Å². The first-order valence-electron chi connectivity index (χ1n) is 7.68. The minimum atomic E-state index is -0.925. The van der Waals surface area contributed by atoms with Crippen LogP contribution in [-0.4, -0.2) is 23.0 Å². The van der Waals surface area contributed by atoms with Crippen molar-refractivity contribution >= 4 is 11.9 Å². The fraction of sp³-hybridized carbons (Fsp3) is 0.529. The topological polar surface area (TPSA) is 66.4 Å². The zero-order chi connectivity index (χ0) is 15.2. The largest absolute Gasteiger partial charge is 0.478 e. The second kappa shape index (κ2) is 7.25. The Balaban J connectivity index is 1.79. The molecule has 1 aliphatic carbocycles. The van der Waals surface area contributed by atoms with Crippen LogP contribution in [0.5, 0.6) is 0 Å². The normalized spacial score (nSPS) is 21.8. The second-order valence-corrected chi connectivity index (χ2v) is 5.94. The highest BCUT2D eigenvalue weighted by Gasteiger charge is 2.22. The summed E-state index contributed by atoms with van der Waals surface area (Å²) in [6.45, 7) is 2.20. The summed E-state index contributed by atoms with van der Waals surface area (Å²) in [6.07, 6.45) is 5.85. The average molecular weight is 289 g/mol. The van der Waals surface area contributed by atoms with Crippen molar-refractivity contribution in [2.24, 2.45) is 5.92 Å². The van der Waals surface area contributed by atoms with Gasteiger partial charge >= 0.3 is 5.97 Å². The number of hydrogen-bond acceptors (Lipinski definition) is 2. The predicted molar refractivity (Wildman–Crippen MR) is 81.3 cm³/mol. The van der Waals surface area contributed by atoms with Crippen LogP contribution in [-0.2, 0) is 11.2 Å². The van der Waals surface area contributed by atoms with E-state index in [1.807, 2.05) is 0 Å². The van der Waals surface area contributed by atoms with Crippen LogP contribution in [0.2, 0.25) is 0 Å². The molecule has 2 unspecified atom stereocenters. The van der Waals surface area contributed by atoms with E-state index in [2.05, 4.69) is 12.2 Å². The lowest BCUT2D eigenvalue weighted by atomic mass is 9.86. The fourth-order valence-corrected chi connectivity index (χ4v) is 2.88. The van der Waals surface area contributed by atoms with Gasteiger partial charge in [0.25, 0.3) is 0 Å². The van der Waals surface area contributed by atoms with E-state index in [9.17, 15) is 9.59 Å². The molecule has 0 radical (unpaired) electrons. The van der Waals surface area contributed by atoms with E-state index in [0.717, 1.165) is 12.0 Å². The number of aryl methyl sites for hydroxylation is 1. The average Bonchev–Trinajstić information content (AvgIpc) is 2.48. The number of amides is 1. The highest BCUT2D eigenvalue weighted by molar-refractivity contribution is 5.87. The van der Waals surface area contributed by atoms with Gasteiger partial charge in [-0.25, -0.2) is 4.79 Å². The standard InChI is InChI=1S/C17H23NO3/c1-12-4-2-3-5-15(12)18-16(19)11-8-13-6-9-14(10-7-13)17(20)21/h6-7,9-10,12,15H,2-5,8,11H2,1H3,(H,18,19)(H,20,21). The van der Waals surface area contributed by atoms with E-state index in [1.165, 1.54) is 19.3 Å². The van der Waals surface area contributed by atoms with E-state index in [1.54, 1.807) is 24.3 Å². The highest BCUT2D eigenvalue weighted by atomic mass is 16.4. The summed E-state index contributed by atoms with van der Waals surface area (Å²) >= 11 is 0. The van der Waals surface area contributed by atoms with Crippen molar-refractivity contribution in [2.45, 2.75) is 51.5 Å². The van der Waals surface area contributed by atoms with Crippen molar-refractivity contribution in [3.05, 3.63) is 35.4 Å². The van der Waals surface area contributed by atoms with Crippen LogP contribution in [0.4, 0.5) is 0 Å². The van der Waals surface area contributed by atoms with Gasteiger partial charge < -0.3 is 10.4 Å². The van der Waals surface area contributed by atoms with Gasteiger partial charge in [0.1, 0.15) is 0 Å². The first kappa shape index (κ1) is 15.5. The van der Waals surface area contributed by atoms with Gasteiger partial charge in [-0.05, 0) is 42.9 Å². The Hall–Kier alpha value is -1.84. The molecule has 0 saturated heterocycles. The van der Waals surface area contributed by atoms with E-state index < -0.39 is 5.97 Å². The SMILES string of the molecule is CC1CCCCC1NC(=O)CCc1ccc(C(=O)O)cc1. The number of rotatable bonds is 5. The van der Waals surface area contributed by atoms with E-state index >= 15 is 0 Å². The highest BCUT2D eigenvalue weighted by Crippen LogP contribution is 2.23. The molecule has 1 fully saturated rings. The lowest BCUT2D eigenvalue weighted by molar-refractivity contribution is -0.122. The molecule has 0 spiro atoms. The number of nitrogens with one attached hydrogen (secondary N) is 1. The first-order chi connectivity index (χ1) is 10.1. The van der Waals surface area contributed by atoms with Crippen molar-refractivity contribution in [3.63, 3.8) is 0 Å². The van der Waals surface area contributed by atoms with E-state index in [4.69, 9.17) is 5.11 Å². The molecular weight excluding hydrogens is 266 g/mol. The van der Waals surface area contributed by atoms with Crippen LogP contribution >= 0.6 is 0 Å². The molecule has 114 valence electrons. The Kier molecular flexibility index (Phi) is 5.37. The number of carboxylic acids is 1. The van der Waals surface area contributed by atoms with Crippen molar-refractivity contribution < 1.29 is 14.7 Å². The van der Waals surface area contributed by atoms with Crippen LogP contribution < -0.4 is 5.32 Å². The van der Waals surface area contributed by atoms with Gasteiger partial charge in [0, 0.05) is 12.5 Å². The number of aromatic carboxylic acids is 1. The van der Waals surface area contributed by atoms with Crippen LogP contribution in [0, 0.1) is 5.92 Å². The van der Waals surface area contributed by atoms with E-state index in [0.29, 0.717) is 24.8 Å². The summed E-state index contributed by atoms with van der Waals surface area (Å²) in [4.78, 5) is 22.8. The summed E-state index contributed by atoms with van der Waals surface area (Å²) < 4.78 is 0. The molecule has 21 heavy (non-hydrogen) atoms. The number of benzene rings is 1. The molecule has 2 rings (SSSR count). The van der Waals surface area contributed by atoms with Gasteiger partial charge in [-0.3, -0.25) is 4.79 Å². The third-order valence-electron chi connectivity index (χ3n) is 4.30. The van der Waals surface area contributed by atoms with Crippen molar-refractivity contribution in [1.82, 2.24) is 5.32 Å². The number of carbonyl (C=O) groups is 2. The van der Waals surface area contributed by atoms with Crippen LogP contribution in [0.1, 0.15) is 54.9 Å². The number of carbonyl (C=O) groups excluding carboxylic acids is 1. The summed E-state index contributed by atoms with van der Waals surface area (Å²) in [5.74, 6) is -0.265. The summed E-state index contributed by atoms with van der Waals surface area (Å²) in [5.41, 5.74) is 1.27. The minimum Gasteiger partial charge on any atom is -0.478 e. The number of carboxylic acid groups (broad SMARTS) is 1. The molecule has 1 aromatic carbocycles. The zero-order valence-electron chi connectivity index (χ0n) is 12.5. The van der Waals surface area contributed by atoms with Gasteiger partial charge in [-0.2, -0.15) is 0 Å². The zero-order valence-corrected chi connectivity index (χ0v) is 12.5. The molecular formula is C17H23NO3. The monoisotopic (exact) mass is 289 g/mol. The third-order valence-corrected chi connectivity index (χ3v) is 4.30. The fourth-order valence-electron chi connectivity index (χ4n) is 2.88. The summed E-state index contributed by atoms with van der Waals surface area (Å²) in [6, 6.07) is 7.04. The molecule has 0 aromatic heterocycles. The third kappa shape index (κ3) is 4.59. The van der Waals surface area contributed by atoms with Gasteiger partial charge in [0.05, 0.1) is 5.56 Å². The van der Waals surface area contributed by atoms with Crippen LogP contribution in [0.15, 0.2) is 24.3 Å². The maximum atomic E-state index is 12.0. The first-order valence-corrected chi connectivity index (χ1v) is 7.68. The molecule has 0 bridgehead atoms. The van der Waals surface area contributed by atoms with Gasteiger partial charge in [0.15, 0.2) is 0 Å². The summed E-state index contributed by atoms with van der Waals surface area (Å²) in [7, 11) is 0. The summed E-state index contributed by atoms with van der Waals surface area (Å²) in [5, 5.41) is 12.0. The quantitative estimate of drug-likeness (QED) is 0.875. The molecule has 1 aliphatic rings. The van der Waals surface area contributed by atoms with Crippen molar-refractivity contribution in [1.29, 1.82) is 0 Å². The van der Waals surface area contributed by atoms with Crippen LogP contribution in [0.25, 0.3) is 0 Å². The molecule has 4 nitrogen and oxygen atoms in total. The maximum Gasteiger partial charge on any atom is 0.335 e. The Morgan fingerprint density at radius 3 is 2.48 bits per heavy atom. The van der Waals surface area contributed by atoms with Gasteiger partial charge in [-0.1, -0.05) is 31.9 Å². The molecule has 4 heteroatoms. The molecule has 2 N–H and O–H groups in total. The molecule has 2 atom stereocenters. The predicted octanol–water partition coefficient (Wildman–Crippen LogP) is 3.01. The van der Waals surface area contributed by atoms with Gasteiger partial charge in [0.2, 0.25) is 5.91 Å². The number of hydrogen-bond donors (Lipinski definition) is 2. The molecule has 0 heterocycles. The lowest BCUT2D eigenvalue weighted by Crippen LogP contribution is -2.41. The Labute approximate surface area is 125 Å². The molecule has 0 aliphatic heterocycles. The molecule has 1 saturated carbocycles. The van der Waals surface area contributed by atoms with Gasteiger partial charge in [-0.15, -0.1) is 0 Å². The second-order valence-electron chi connectivity index (χ2n) is 5.94. The van der Waals surface area contributed by atoms with E-state index in [-0.39, 0.29) is 11.5 Å².